The predicted molar refractivity (Wildman–Crippen MR) is 130 cm³/mol. The van der Waals surface area contributed by atoms with Crippen molar-refractivity contribution >= 4 is 23.4 Å². The largest absolute Gasteiger partial charge is 0.392 e. The van der Waals surface area contributed by atoms with Crippen LogP contribution in [0.1, 0.15) is 39.5 Å². The van der Waals surface area contributed by atoms with Gasteiger partial charge in [0.15, 0.2) is 0 Å². The lowest BCUT2D eigenvalue weighted by Gasteiger charge is -2.32. The molecule has 34 heavy (non-hydrogen) atoms. The van der Waals surface area contributed by atoms with Gasteiger partial charge in [0.2, 0.25) is 11.8 Å². The Hall–Kier alpha value is -3.23. The van der Waals surface area contributed by atoms with Gasteiger partial charge in [0.05, 0.1) is 25.0 Å². The number of rotatable bonds is 7. The Morgan fingerprint density at radius 1 is 1.18 bits per heavy atom. The van der Waals surface area contributed by atoms with Gasteiger partial charge in [0.25, 0.3) is 5.91 Å². The maximum atomic E-state index is 13.4. The second kappa shape index (κ2) is 9.95. The molecule has 0 bridgehead atoms. The first-order valence-electron chi connectivity index (χ1n) is 11.6. The van der Waals surface area contributed by atoms with Gasteiger partial charge in [-0.25, -0.2) is 0 Å². The summed E-state index contributed by atoms with van der Waals surface area (Å²) in [6.45, 7) is 1.90. The van der Waals surface area contributed by atoms with Crippen LogP contribution in [-0.2, 0) is 22.4 Å². The lowest BCUT2D eigenvalue weighted by Crippen LogP contribution is -2.39. The van der Waals surface area contributed by atoms with Crippen LogP contribution in [0.5, 0.6) is 0 Å². The van der Waals surface area contributed by atoms with E-state index >= 15 is 0 Å². The molecule has 2 aromatic carbocycles. The highest BCUT2D eigenvalue weighted by molar-refractivity contribution is 5.99. The topological polar surface area (TPSA) is 93.2 Å². The fourth-order valence-corrected chi connectivity index (χ4v) is 4.66. The summed E-state index contributed by atoms with van der Waals surface area (Å²) in [7, 11) is 5.22. The molecule has 0 radical (unpaired) electrons. The molecule has 2 aliphatic rings. The molecule has 8 heteroatoms. The number of aliphatic hydroxyl groups is 1. The minimum absolute atomic E-state index is 0.0318. The molecule has 0 aromatic heterocycles. The van der Waals surface area contributed by atoms with E-state index in [9.17, 15) is 19.5 Å². The van der Waals surface area contributed by atoms with Crippen LogP contribution in [0.2, 0.25) is 0 Å². The molecule has 180 valence electrons. The van der Waals surface area contributed by atoms with E-state index in [0.717, 1.165) is 28.9 Å². The number of hydrogen-bond acceptors (Lipinski definition) is 5. The SMILES string of the molecule is CN(C)C(=O)c1cccc(C(CN2CC[C@H](O)C2)N(C)C(=O)Cc2ccc3c(c2)NC(=O)C3)c1. The number of likely N-dealkylation sites (tertiary alicyclic amines) is 1. The highest BCUT2D eigenvalue weighted by Gasteiger charge is 2.29. The number of nitrogens with zero attached hydrogens (tertiary/aromatic N) is 3. The van der Waals surface area contributed by atoms with E-state index in [2.05, 4.69) is 10.2 Å². The van der Waals surface area contributed by atoms with Crippen molar-refractivity contribution in [1.82, 2.24) is 14.7 Å². The van der Waals surface area contributed by atoms with Gasteiger partial charge in [0, 0.05) is 52.0 Å². The van der Waals surface area contributed by atoms with Crippen LogP contribution in [0.25, 0.3) is 0 Å². The minimum Gasteiger partial charge on any atom is -0.392 e. The number of amides is 3. The molecule has 0 aliphatic carbocycles. The fraction of sp³-hybridized carbons (Fsp3) is 0.423. The molecule has 0 saturated carbocycles. The number of carbonyl (C=O) groups excluding carboxylic acids is 3. The van der Waals surface area contributed by atoms with Crippen LogP contribution in [-0.4, -0.2) is 84.4 Å². The second-order valence-corrected chi connectivity index (χ2v) is 9.44. The lowest BCUT2D eigenvalue weighted by molar-refractivity contribution is -0.131. The number of likely N-dealkylation sites (N-methyl/N-ethyl adjacent to an activating group) is 1. The number of anilines is 1. The standard InChI is InChI=1S/C26H32N4O4/c1-28(2)26(34)20-6-4-5-19(13-20)23(16-30-10-9-21(31)15-30)29(3)25(33)12-17-7-8-18-14-24(32)27-22(18)11-17/h4-8,11,13,21,23,31H,9-10,12,14-16H2,1-3H3,(H,27,32)/t21-,23?/m0/s1. The van der Waals surface area contributed by atoms with Crippen molar-refractivity contribution < 1.29 is 19.5 Å². The molecule has 2 atom stereocenters. The van der Waals surface area contributed by atoms with Gasteiger partial charge in [-0.1, -0.05) is 24.3 Å². The van der Waals surface area contributed by atoms with Crippen molar-refractivity contribution in [3.63, 3.8) is 0 Å². The Morgan fingerprint density at radius 3 is 2.68 bits per heavy atom. The van der Waals surface area contributed by atoms with Crippen molar-refractivity contribution in [3.05, 3.63) is 64.7 Å². The Kier molecular flexibility index (Phi) is 7.00. The molecule has 4 rings (SSSR count). The van der Waals surface area contributed by atoms with Crippen molar-refractivity contribution in [2.45, 2.75) is 31.4 Å². The highest BCUT2D eigenvalue weighted by atomic mass is 16.3. The van der Waals surface area contributed by atoms with Crippen LogP contribution in [0.15, 0.2) is 42.5 Å². The number of fused-ring (bicyclic) bond motifs is 1. The Bertz CT molecular complexity index is 1100. The fourth-order valence-electron chi connectivity index (χ4n) is 4.66. The summed E-state index contributed by atoms with van der Waals surface area (Å²) in [5.74, 6) is -0.180. The molecule has 2 aromatic rings. The van der Waals surface area contributed by atoms with E-state index in [-0.39, 0.29) is 36.3 Å². The molecule has 2 heterocycles. The number of β-amino-alcohol motifs (C(OH)–C–C–N with tert-alkyl or cyclic N) is 1. The van der Waals surface area contributed by atoms with E-state index in [4.69, 9.17) is 0 Å². The van der Waals surface area contributed by atoms with Gasteiger partial charge in [0.1, 0.15) is 0 Å². The Balaban J connectivity index is 1.56. The zero-order chi connectivity index (χ0) is 24.4. The molecule has 3 amide bonds. The number of carbonyl (C=O) groups is 3. The minimum atomic E-state index is -0.357. The number of hydrogen-bond donors (Lipinski definition) is 2. The number of aliphatic hydroxyl groups excluding tert-OH is 1. The third-order valence-corrected chi connectivity index (χ3v) is 6.62. The summed E-state index contributed by atoms with van der Waals surface area (Å²) in [4.78, 5) is 43.0. The Labute approximate surface area is 200 Å². The maximum absolute atomic E-state index is 13.4. The highest BCUT2D eigenvalue weighted by Crippen LogP contribution is 2.27. The van der Waals surface area contributed by atoms with Crippen LogP contribution < -0.4 is 5.32 Å². The molecule has 2 aliphatic heterocycles. The van der Waals surface area contributed by atoms with Gasteiger partial charge in [-0.15, -0.1) is 0 Å². The molecule has 1 unspecified atom stereocenters. The zero-order valence-electron chi connectivity index (χ0n) is 20.0. The molecule has 1 fully saturated rings. The van der Waals surface area contributed by atoms with Gasteiger partial charge in [-0.2, -0.15) is 0 Å². The first-order chi connectivity index (χ1) is 16.2. The molecule has 1 saturated heterocycles. The molecular weight excluding hydrogens is 432 g/mol. The van der Waals surface area contributed by atoms with Gasteiger partial charge < -0.3 is 20.2 Å². The van der Waals surface area contributed by atoms with Crippen molar-refractivity contribution in [2.24, 2.45) is 0 Å². The average Bonchev–Trinajstić information content (AvgIpc) is 3.39. The summed E-state index contributed by atoms with van der Waals surface area (Å²) < 4.78 is 0. The summed E-state index contributed by atoms with van der Waals surface area (Å²) in [6.07, 6.45) is 0.930. The quantitative estimate of drug-likeness (QED) is 0.651. The zero-order valence-corrected chi connectivity index (χ0v) is 20.0. The van der Waals surface area contributed by atoms with Crippen molar-refractivity contribution in [3.8, 4) is 0 Å². The van der Waals surface area contributed by atoms with E-state index in [1.165, 1.54) is 4.90 Å². The lowest BCUT2D eigenvalue weighted by atomic mass is 10.0. The molecule has 0 spiro atoms. The van der Waals surface area contributed by atoms with E-state index in [1.54, 1.807) is 32.1 Å². The monoisotopic (exact) mass is 464 g/mol. The summed E-state index contributed by atoms with van der Waals surface area (Å²) in [5, 5.41) is 12.8. The average molecular weight is 465 g/mol. The van der Waals surface area contributed by atoms with Crippen LogP contribution >= 0.6 is 0 Å². The maximum Gasteiger partial charge on any atom is 0.253 e. The molecular formula is C26H32N4O4. The first kappa shape index (κ1) is 23.9. The normalized spacial score (nSPS) is 18.4. The number of nitrogens with one attached hydrogen (secondary N) is 1. The summed E-state index contributed by atoms with van der Waals surface area (Å²) in [5.41, 5.74) is 4.01. The van der Waals surface area contributed by atoms with Gasteiger partial charge in [-0.05, 0) is 41.3 Å². The van der Waals surface area contributed by atoms with E-state index < -0.39 is 0 Å². The third kappa shape index (κ3) is 5.29. The van der Waals surface area contributed by atoms with Crippen molar-refractivity contribution in [1.29, 1.82) is 0 Å². The second-order valence-electron chi connectivity index (χ2n) is 9.44. The van der Waals surface area contributed by atoms with Crippen LogP contribution in [0.3, 0.4) is 0 Å². The van der Waals surface area contributed by atoms with E-state index in [0.29, 0.717) is 31.5 Å². The Morgan fingerprint density at radius 2 is 1.97 bits per heavy atom. The van der Waals surface area contributed by atoms with Crippen LogP contribution in [0.4, 0.5) is 5.69 Å². The molecule has 8 nitrogen and oxygen atoms in total. The first-order valence-corrected chi connectivity index (χ1v) is 11.6. The van der Waals surface area contributed by atoms with E-state index in [1.807, 2.05) is 36.4 Å². The predicted octanol–water partition coefficient (Wildman–Crippen LogP) is 1.69. The van der Waals surface area contributed by atoms with Crippen molar-refractivity contribution in [2.75, 3.05) is 46.1 Å². The summed E-state index contributed by atoms with van der Waals surface area (Å²) >= 11 is 0. The third-order valence-electron chi connectivity index (χ3n) is 6.62. The van der Waals surface area contributed by atoms with Crippen LogP contribution in [0, 0.1) is 0 Å². The molecule has 2 N–H and O–H groups in total. The summed E-state index contributed by atoms with van der Waals surface area (Å²) in [6, 6.07) is 12.8. The van der Waals surface area contributed by atoms with Gasteiger partial charge in [-0.3, -0.25) is 19.3 Å². The number of benzene rings is 2. The van der Waals surface area contributed by atoms with Gasteiger partial charge >= 0.3 is 0 Å². The smallest absolute Gasteiger partial charge is 0.253 e.